The first-order chi connectivity index (χ1) is 9.49. The molecule has 1 aromatic rings. The third kappa shape index (κ3) is 4.32. The number of amides is 1. The van der Waals surface area contributed by atoms with Gasteiger partial charge in [0.25, 0.3) is 0 Å². The normalized spacial score (nSPS) is 12.0. The van der Waals surface area contributed by atoms with Crippen LogP contribution in [0.2, 0.25) is 0 Å². The Labute approximate surface area is 118 Å². The fourth-order valence-corrected chi connectivity index (χ4v) is 1.86. The molecule has 0 bridgehead atoms. The van der Waals surface area contributed by atoms with Gasteiger partial charge in [0.2, 0.25) is 5.91 Å². The molecule has 0 aliphatic heterocycles. The summed E-state index contributed by atoms with van der Waals surface area (Å²) in [5.74, 6) is -0.662. The molecule has 0 aliphatic carbocycles. The van der Waals surface area contributed by atoms with Crippen molar-refractivity contribution in [2.24, 2.45) is 0 Å². The van der Waals surface area contributed by atoms with E-state index < -0.39 is 5.97 Å². The second-order valence-electron chi connectivity index (χ2n) is 4.66. The van der Waals surface area contributed by atoms with E-state index >= 15 is 0 Å². The molecule has 20 heavy (non-hydrogen) atoms. The highest BCUT2D eigenvalue weighted by atomic mass is 16.5. The summed E-state index contributed by atoms with van der Waals surface area (Å²) >= 11 is 0. The van der Waals surface area contributed by atoms with Crippen molar-refractivity contribution in [3.63, 3.8) is 0 Å². The number of nitrogens with zero attached hydrogens (tertiary/aromatic N) is 3. The summed E-state index contributed by atoms with van der Waals surface area (Å²) in [5, 5.41) is 10.5. The maximum atomic E-state index is 11.8. The predicted molar refractivity (Wildman–Crippen MR) is 73.2 cm³/mol. The quantitative estimate of drug-likeness (QED) is 0.756. The Kier molecular flexibility index (Phi) is 6.14. The maximum absolute atomic E-state index is 11.8. The average molecular weight is 282 g/mol. The second-order valence-corrected chi connectivity index (χ2v) is 4.66. The number of rotatable bonds is 7. The number of ether oxygens (including phenoxy) is 1. The Bertz CT molecular complexity index is 470. The van der Waals surface area contributed by atoms with Crippen molar-refractivity contribution in [3.05, 3.63) is 11.4 Å². The summed E-state index contributed by atoms with van der Waals surface area (Å²) in [6.45, 7) is 7.76. The number of hydrogen-bond donors (Lipinski definition) is 1. The van der Waals surface area contributed by atoms with Crippen LogP contribution in [0, 0.1) is 6.92 Å². The van der Waals surface area contributed by atoms with Crippen LogP contribution >= 0.6 is 0 Å². The van der Waals surface area contributed by atoms with E-state index in [1.165, 1.54) is 4.68 Å². The fourth-order valence-electron chi connectivity index (χ4n) is 1.86. The smallest absolute Gasteiger partial charge is 0.360 e. The van der Waals surface area contributed by atoms with Crippen LogP contribution in [0.25, 0.3) is 0 Å². The minimum Gasteiger partial charge on any atom is -0.461 e. The lowest BCUT2D eigenvalue weighted by Crippen LogP contribution is -2.35. The summed E-state index contributed by atoms with van der Waals surface area (Å²) in [5.41, 5.74) is 0.683. The highest BCUT2D eigenvalue weighted by Gasteiger charge is 2.19. The van der Waals surface area contributed by atoms with Gasteiger partial charge < -0.3 is 10.1 Å². The Morgan fingerprint density at radius 3 is 2.70 bits per heavy atom. The first-order valence-electron chi connectivity index (χ1n) is 6.86. The molecule has 0 fully saturated rings. The van der Waals surface area contributed by atoms with E-state index in [0.29, 0.717) is 5.69 Å². The molecule has 1 atom stereocenters. The van der Waals surface area contributed by atoms with Gasteiger partial charge in [-0.3, -0.25) is 4.79 Å². The monoisotopic (exact) mass is 282 g/mol. The van der Waals surface area contributed by atoms with Crippen LogP contribution in [0.1, 0.15) is 49.8 Å². The standard InChI is InChI=1S/C13H22N4O3/c1-5-7-9(3)14-11(18)8-17-10(4)12(15-16-17)13(19)20-6-2/h9H,5-8H2,1-4H3,(H,14,18). The average Bonchev–Trinajstić information content (AvgIpc) is 2.71. The van der Waals surface area contributed by atoms with Gasteiger partial charge in [0, 0.05) is 6.04 Å². The summed E-state index contributed by atoms with van der Waals surface area (Å²) < 4.78 is 6.27. The van der Waals surface area contributed by atoms with Crippen molar-refractivity contribution in [1.82, 2.24) is 20.3 Å². The lowest BCUT2D eigenvalue weighted by molar-refractivity contribution is -0.122. The minimum absolute atomic E-state index is 0.0479. The molecule has 0 aromatic carbocycles. The van der Waals surface area contributed by atoms with Crippen LogP contribution < -0.4 is 5.32 Å². The minimum atomic E-state index is -0.518. The van der Waals surface area contributed by atoms with Gasteiger partial charge in [-0.2, -0.15) is 0 Å². The summed E-state index contributed by atoms with van der Waals surface area (Å²) in [7, 11) is 0. The van der Waals surface area contributed by atoms with Crippen LogP contribution in [0.15, 0.2) is 0 Å². The van der Waals surface area contributed by atoms with Crippen LogP contribution in [0.5, 0.6) is 0 Å². The zero-order valence-electron chi connectivity index (χ0n) is 12.5. The molecule has 0 spiro atoms. The SMILES string of the molecule is CCCC(C)NC(=O)Cn1nnc(C(=O)OCC)c1C. The van der Waals surface area contributed by atoms with E-state index in [-0.39, 0.29) is 30.8 Å². The fraction of sp³-hybridized carbons (Fsp3) is 0.692. The van der Waals surface area contributed by atoms with Crippen LogP contribution in [-0.4, -0.2) is 39.5 Å². The van der Waals surface area contributed by atoms with Crippen molar-refractivity contribution < 1.29 is 14.3 Å². The zero-order valence-corrected chi connectivity index (χ0v) is 12.5. The van der Waals surface area contributed by atoms with E-state index in [1.807, 2.05) is 6.92 Å². The Balaban J connectivity index is 2.65. The summed E-state index contributed by atoms with van der Waals surface area (Å²) in [6, 6.07) is 0.126. The lowest BCUT2D eigenvalue weighted by atomic mass is 10.2. The van der Waals surface area contributed by atoms with Crippen molar-refractivity contribution in [1.29, 1.82) is 0 Å². The lowest BCUT2D eigenvalue weighted by Gasteiger charge is -2.12. The van der Waals surface area contributed by atoms with Crippen molar-refractivity contribution in [2.45, 2.75) is 53.1 Å². The highest BCUT2D eigenvalue weighted by Crippen LogP contribution is 2.05. The maximum Gasteiger partial charge on any atom is 0.360 e. The van der Waals surface area contributed by atoms with Gasteiger partial charge in [0.15, 0.2) is 5.69 Å². The second kappa shape index (κ2) is 7.62. The summed E-state index contributed by atoms with van der Waals surface area (Å²) in [6.07, 6.45) is 1.94. The first-order valence-corrected chi connectivity index (χ1v) is 6.86. The number of carbonyl (C=O) groups excluding carboxylic acids is 2. The topological polar surface area (TPSA) is 86.1 Å². The molecule has 7 heteroatoms. The molecular weight excluding hydrogens is 260 g/mol. The van der Waals surface area contributed by atoms with Gasteiger partial charge in [-0.1, -0.05) is 18.6 Å². The molecule has 1 aromatic heterocycles. The molecule has 1 heterocycles. The zero-order chi connectivity index (χ0) is 15.1. The molecule has 1 rings (SSSR count). The third-order valence-electron chi connectivity index (χ3n) is 2.87. The van der Waals surface area contributed by atoms with Crippen LogP contribution in [0.4, 0.5) is 0 Å². The Morgan fingerprint density at radius 1 is 1.40 bits per heavy atom. The Hall–Kier alpha value is -1.92. The van der Waals surface area contributed by atoms with E-state index in [0.717, 1.165) is 12.8 Å². The number of nitrogens with one attached hydrogen (secondary N) is 1. The molecule has 0 radical (unpaired) electrons. The van der Waals surface area contributed by atoms with E-state index in [1.54, 1.807) is 13.8 Å². The molecule has 1 unspecified atom stereocenters. The van der Waals surface area contributed by atoms with Gasteiger partial charge >= 0.3 is 5.97 Å². The number of hydrogen-bond acceptors (Lipinski definition) is 5. The van der Waals surface area contributed by atoms with Crippen molar-refractivity contribution in [2.75, 3.05) is 6.61 Å². The van der Waals surface area contributed by atoms with Gasteiger partial charge in [0.1, 0.15) is 6.54 Å². The van der Waals surface area contributed by atoms with Gasteiger partial charge in [-0.25, -0.2) is 9.48 Å². The number of carbonyl (C=O) groups is 2. The molecule has 112 valence electrons. The number of esters is 1. The van der Waals surface area contributed by atoms with Gasteiger partial charge in [-0.15, -0.1) is 5.10 Å². The van der Waals surface area contributed by atoms with Crippen LogP contribution in [-0.2, 0) is 16.1 Å². The molecule has 1 amide bonds. The van der Waals surface area contributed by atoms with E-state index in [2.05, 4.69) is 22.6 Å². The molecule has 0 aliphatic rings. The predicted octanol–water partition coefficient (Wildman–Crippen LogP) is 1.07. The first kappa shape index (κ1) is 16.1. The number of aromatic nitrogens is 3. The van der Waals surface area contributed by atoms with Crippen LogP contribution in [0.3, 0.4) is 0 Å². The Morgan fingerprint density at radius 2 is 2.10 bits per heavy atom. The third-order valence-corrected chi connectivity index (χ3v) is 2.87. The molecular formula is C13H22N4O3. The summed E-state index contributed by atoms with van der Waals surface area (Å²) in [4.78, 5) is 23.4. The molecule has 0 saturated heterocycles. The van der Waals surface area contributed by atoms with Crippen molar-refractivity contribution in [3.8, 4) is 0 Å². The van der Waals surface area contributed by atoms with Gasteiger partial charge in [0.05, 0.1) is 12.3 Å². The van der Waals surface area contributed by atoms with Crippen molar-refractivity contribution >= 4 is 11.9 Å². The van der Waals surface area contributed by atoms with E-state index in [4.69, 9.17) is 4.74 Å². The van der Waals surface area contributed by atoms with Gasteiger partial charge in [-0.05, 0) is 27.2 Å². The van der Waals surface area contributed by atoms with E-state index in [9.17, 15) is 9.59 Å². The molecule has 1 N–H and O–H groups in total. The molecule has 7 nitrogen and oxygen atoms in total. The highest BCUT2D eigenvalue weighted by molar-refractivity contribution is 5.88. The molecule has 0 saturated carbocycles. The largest absolute Gasteiger partial charge is 0.461 e.